The minimum atomic E-state index is -4.67. The number of hydrogen-bond acceptors (Lipinski definition) is 9. The van der Waals surface area contributed by atoms with Gasteiger partial charge in [-0.25, -0.2) is 0 Å². The summed E-state index contributed by atoms with van der Waals surface area (Å²) >= 11 is 0. The SMILES string of the molecule is CCCCC/C=C\C/C=C\C/C=C\C/C=C\C/C=C\CCC(=O)O[C@H](COC(=O)CCCC1OC1C/C=C\C/C=C\C/C=C\CCCCC)COP(=O)([O-])OCC[N+](C)(C)C. The fraction of sp³-hybridized carbons (Fsp3) is 0.640. The number of phosphoric ester groups is 1. The highest BCUT2D eigenvalue weighted by molar-refractivity contribution is 7.45. The van der Waals surface area contributed by atoms with Gasteiger partial charge in [0.05, 0.1) is 40.0 Å². The fourth-order valence-corrected chi connectivity index (χ4v) is 6.51. The molecule has 1 saturated heterocycles. The summed E-state index contributed by atoms with van der Waals surface area (Å²) < 4.78 is 39.6. The Bertz CT molecular complexity index is 1420. The van der Waals surface area contributed by atoms with E-state index >= 15 is 0 Å². The number of nitrogens with zero attached hydrogens (tertiary/aromatic N) is 1. The first-order valence-corrected chi connectivity index (χ1v) is 24.5. The maximum absolute atomic E-state index is 12.7. The molecule has 61 heavy (non-hydrogen) atoms. The van der Waals surface area contributed by atoms with Crippen molar-refractivity contribution in [2.24, 2.45) is 0 Å². The van der Waals surface area contributed by atoms with Crippen LogP contribution < -0.4 is 4.89 Å². The molecule has 1 aliphatic heterocycles. The highest BCUT2D eigenvalue weighted by Crippen LogP contribution is 2.38. The van der Waals surface area contributed by atoms with Gasteiger partial charge in [-0.05, 0) is 89.9 Å². The zero-order valence-electron chi connectivity index (χ0n) is 38.5. The van der Waals surface area contributed by atoms with E-state index in [1.165, 1.54) is 44.9 Å². The quantitative estimate of drug-likeness (QED) is 0.0148. The smallest absolute Gasteiger partial charge is 0.306 e. The van der Waals surface area contributed by atoms with Crippen molar-refractivity contribution in [3.05, 3.63) is 97.2 Å². The molecule has 0 aromatic rings. The Morgan fingerprint density at radius 1 is 0.607 bits per heavy atom. The van der Waals surface area contributed by atoms with Gasteiger partial charge < -0.3 is 32.6 Å². The first kappa shape index (κ1) is 55.9. The van der Waals surface area contributed by atoms with Crippen molar-refractivity contribution in [2.75, 3.05) is 47.5 Å². The third kappa shape index (κ3) is 38.3. The molecule has 1 heterocycles. The van der Waals surface area contributed by atoms with Crippen molar-refractivity contribution in [1.82, 2.24) is 0 Å². The second-order valence-electron chi connectivity index (χ2n) is 16.4. The number of phosphoric acid groups is 1. The average Bonchev–Trinajstić information content (AvgIpc) is 3.97. The van der Waals surface area contributed by atoms with Crippen molar-refractivity contribution in [1.29, 1.82) is 0 Å². The Morgan fingerprint density at radius 2 is 1.10 bits per heavy atom. The maximum atomic E-state index is 12.7. The van der Waals surface area contributed by atoms with Gasteiger partial charge >= 0.3 is 11.9 Å². The second-order valence-corrected chi connectivity index (χ2v) is 17.9. The van der Waals surface area contributed by atoms with Crippen LogP contribution in [0.25, 0.3) is 0 Å². The average molecular weight is 872 g/mol. The predicted molar refractivity (Wildman–Crippen MR) is 249 cm³/mol. The van der Waals surface area contributed by atoms with E-state index < -0.39 is 32.5 Å². The molecule has 0 radical (unpaired) electrons. The Labute approximate surface area is 370 Å². The molecule has 0 aromatic carbocycles. The number of carbonyl (C=O) groups is 2. The van der Waals surface area contributed by atoms with Crippen LogP contribution in [0.4, 0.5) is 0 Å². The molecule has 1 fully saturated rings. The summed E-state index contributed by atoms with van der Waals surface area (Å²) in [7, 11) is 1.06. The van der Waals surface area contributed by atoms with E-state index in [9.17, 15) is 19.0 Å². The second kappa shape index (κ2) is 37.4. The standard InChI is InChI=1S/C50H82NO9P/c1-6-8-10-12-14-16-18-20-21-22-23-24-25-26-28-30-32-34-36-40-50(53)59-46(45-58-61(54,55)57-43-42-51(3,4)5)44-56-49(52)41-37-39-48-47(60-48)38-35-33-31-29-27-19-17-15-13-11-9-7-2/h14-17,20-21,23-24,26-29,32-35,46-48H,6-13,18-19,22,25,30-31,36-45H2,1-5H3/b16-14-,17-15-,21-20-,24-23-,28-26-,29-27-,34-32-,35-33-/t46-,47?,48?/m1/s1. The lowest BCUT2D eigenvalue weighted by molar-refractivity contribution is -0.870. The summed E-state index contributed by atoms with van der Waals surface area (Å²) in [6.07, 6.45) is 51.8. The van der Waals surface area contributed by atoms with E-state index in [4.69, 9.17) is 23.3 Å². The van der Waals surface area contributed by atoms with Crippen molar-refractivity contribution in [3.63, 3.8) is 0 Å². The number of likely N-dealkylation sites (N-methyl/N-ethyl adjacent to an activating group) is 1. The van der Waals surface area contributed by atoms with E-state index in [1.807, 2.05) is 33.3 Å². The van der Waals surface area contributed by atoms with Crippen LogP contribution in [0.2, 0.25) is 0 Å². The van der Waals surface area contributed by atoms with Gasteiger partial charge in [-0.3, -0.25) is 14.2 Å². The van der Waals surface area contributed by atoms with Crippen LogP contribution in [0, 0.1) is 0 Å². The summed E-state index contributed by atoms with van der Waals surface area (Å²) in [4.78, 5) is 37.7. The van der Waals surface area contributed by atoms with Gasteiger partial charge in [-0.15, -0.1) is 0 Å². The molecule has 346 valence electrons. The molecular formula is C50H82NO9P. The van der Waals surface area contributed by atoms with Crippen LogP contribution in [0.1, 0.15) is 142 Å². The Kier molecular flexibility index (Phi) is 34.3. The van der Waals surface area contributed by atoms with Crippen molar-refractivity contribution >= 4 is 19.8 Å². The van der Waals surface area contributed by atoms with Crippen LogP contribution in [0.3, 0.4) is 0 Å². The zero-order chi connectivity index (χ0) is 44.7. The summed E-state index contributed by atoms with van der Waals surface area (Å²) in [5.74, 6) is -1.02. The van der Waals surface area contributed by atoms with Crippen molar-refractivity contribution < 1.29 is 46.8 Å². The largest absolute Gasteiger partial charge is 0.756 e. The fourth-order valence-electron chi connectivity index (χ4n) is 5.78. The van der Waals surface area contributed by atoms with E-state index in [0.29, 0.717) is 23.9 Å². The summed E-state index contributed by atoms with van der Waals surface area (Å²) in [5, 5.41) is 0. The summed E-state index contributed by atoms with van der Waals surface area (Å²) in [6, 6.07) is 0. The molecule has 0 aliphatic carbocycles. The first-order valence-electron chi connectivity index (χ1n) is 23.1. The molecule has 1 aliphatic rings. The van der Waals surface area contributed by atoms with E-state index in [0.717, 1.165) is 57.8 Å². The Morgan fingerprint density at radius 3 is 1.61 bits per heavy atom. The molecule has 0 aromatic heterocycles. The number of quaternary nitrogens is 1. The molecule has 4 atom stereocenters. The van der Waals surface area contributed by atoms with E-state index in [-0.39, 0.29) is 38.3 Å². The molecule has 3 unspecified atom stereocenters. The van der Waals surface area contributed by atoms with E-state index in [1.54, 1.807) is 0 Å². The molecule has 0 bridgehead atoms. The minimum absolute atomic E-state index is 0.0618. The molecule has 1 rings (SSSR count). The molecule has 0 amide bonds. The minimum Gasteiger partial charge on any atom is -0.756 e. The molecule has 10 nitrogen and oxygen atoms in total. The first-order chi connectivity index (χ1) is 29.5. The number of esters is 2. The summed E-state index contributed by atoms with van der Waals surface area (Å²) in [5.41, 5.74) is 0. The van der Waals surface area contributed by atoms with Gasteiger partial charge in [0.2, 0.25) is 0 Å². The Hall–Kier alpha value is -3.11. The van der Waals surface area contributed by atoms with Crippen LogP contribution in [-0.2, 0) is 37.4 Å². The number of unbranched alkanes of at least 4 members (excludes halogenated alkanes) is 6. The highest BCUT2D eigenvalue weighted by atomic mass is 31.2. The molecular weight excluding hydrogens is 790 g/mol. The monoisotopic (exact) mass is 872 g/mol. The molecule has 11 heteroatoms. The normalized spacial score (nSPS) is 17.7. The number of rotatable bonds is 39. The molecule has 0 N–H and O–H groups in total. The van der Waals surface area contributed by atoms with Crippen molar-refractivity contribution in [2.45, 2.75) is 161 Å². The van der Waals surface area contributed by atoms with Gasteiger partial charge in [0, 0.05) is 12.8 Å². The predicted octanol–water partition coefficient (Wildman–Crippen LogP) is 11.7. The number of carbonyl (C=O) groups excluding carboxylic acids is 2. The zero-order valence-corrected chi connectivity index (χ0v) is 39.4. The van der Waals surface area contributed by atoms with Crippen LogP contribution in [0.5, 0.6) is 0 Å². The molecule has 0 saturated carbocycles. The molecule has 0 spiro atoms. The topological polar surface area (TPSA) is 124 Å². The van der Waals surface area contributed by atoms with Crippen molar-refractivity contribution in [3.8, 4) is 0 Å². The maximum Gasteiger partial charge on any atom is 0.306 e. The van der Waals surface area contributed by atoms with Crippen LogP contribution >= 0.6 is 7.82 Å². The third-order valence-corrected chi connectivity index (χ3v) is 10.5. The van der Waals surface area contributed by atoms with Gasteiger partial charge in [-0.1, -0.05) is 137 Å². The number of epoxide rings is 1. The lowest BCUT2D eigenvalue weighted by Gasteiger charge is -2.28. The third-order valence-electron chi connectivity index (χ3n) is 9.51. The lowest BCUT2D eigenvalue weighted by atomic mass is 10.1. The summed E-state index contributed by atoms with van der Waals surface area (Å²) in [6.45, 7) is 3.97. The van der Waals surface area contributed by atoms with Crippen LogP contribution in [-0.4, -0.2) is 82.2 Å². The number of ether oxygens (including phenoxy) is 3. The van der Waals surface area contributed by atoms with E-state index in [2.05, 4.69) is 98.9 Å². The van der Waals surface area contributed by atoms with Gasteiger partial charge in [0.1, 0.15) is 19.8 Å². The number of hydrogen-bond donors (Lipinski definition) is 0. The van der Waals surface area contributed by atoms with Gasteiger partial charge in [0.25, 0.3) is 7.82 Å². The Balaban J connectivity index is 2.39. The van der Waals surface area contributed by atoms with Crippen LogP contribution in [0.15, 0.2) is 97.2 Å². The van der Waals surface area contributed by atoms with Gasteiger partial charge in [0.15, 0.2) is 6.10 Å². The lowest BCUT2D eigenvalue weighted by Crippen LogP contribution is -2.37. The highest BCUT2D eigenvalue weighted by Gasteiger charge is 2.36. The number of allylic oxidation sites excluding steroid dienone is 15. The van der Waals surface area contributed by atoms with Gasteiger partial charge in [-0.2, -0.15) is 0 Å².